The van der Waals surface area contributed by atoms with E-state index in [0.717, 1.165) is 16.5 Å². The standard InChI is InChI=1S/C29H36N4O5.CH4/c1-6-38-29(36)25-26(23-19-20(2)7-12-24(23)33(28(25)35)18-13-30(3)4)31-14-16-32(17-15-31)27(34)21-8-10-22(37-5)11-9-21;/h7-12,19H,6,13-18H2,1-5H3;1H4. The lowest BCUT2D eigenvalue weighted by Crippen LogP contribution is -2.49. The summed E-state index contributed by atoms with van der Waals surface area (Å²) in [5.74, 6) is 0.0179. The Morgan fingerprint density at radius 3 is 2.26 bits per heavy atom. The third-order valence-electron chi connectivity index (χ3n) is 6.86. The van der Waals surface area contributed by atoms with Gasteiger partial charge in [-0.05, 0) is 64.3 Å². The molecular formula is C30H40N4O5. The van der Waals surface area contributed by atoms with Crippen LogP contribution in [0.15, 0.2) is 47.3 Å². The zero-order valence-corrected chi connectivity index (χ0v) is 22.8. The third kappa shape index (κ3) is 6.25. The monoisotopic (exact) mass is 536 g/mol. The summed E-state index contributed by atoms with van der Waals surface area (Å²) in [5.41, 5.74) is 2.69. The van der Waals surface area contributed by atoms with Crippen LogP contribution in [0, 0.1) is 6.92 Å². The molecule has 1 amide bonds. The van der Waals surface area contributed by atoms with E-state index in [1.165, 1.54) is 0 Å². The SMILES string of the molecule is C.CCOC(=O)c1c(N2CCN(C(=O)c3ccc(OC)cc3)CC2)c2cc(C)ccc2n(CCN(C)C)c1=O. The quantitative estimate of drug-likeness (QED) is 0.406. The second kappa shape index (κ2) is 12.8. The number of hydrogen-bond donors (Lipinski definition) is 0. The van der Waals surface area contributed by atoms with Gasteiger partial charge in [0.1, 0.15) is 11.3 Å². The minimum atomic E-state index is -0.619. The van der Waals surface area contributed by atoms with Gasteiger partial charge in [0.15, 0.2) is 0 Å². The van der Waals surface area contributed by atoms with Crippen molar-refractivity contribution >= 4 is 28.5 Å². The van der Waals surface area contributed by atoms with E-state index in [-0.39, 0.29) is 31.1 Å². The van der Waals surface area contributed by atoms with Gasteiger partial charge in [-0.1, -0.05) is 19.1 Å². The molecule has 1 aromatic heterocycles. The highest BCUT2D eigenvalue weighted by Gasteiger charge is 2.30. The Morgan fingerprint density at radius 2 is 1.67 bits per heavy atom. The van der Waals surface area contributed by atoms with Crippen LogP contribution in [-0.4, -0.2) is 86.8 Å². The van der Waals surface area contributed by atoms with Crippen LogP contribution in [0.4, 0.5) is 5.69 Å². The minimum absolute atomic E-state index is 0. The van der Waals surface area contributed by atoms with Crippen molar-refractivity contribution < 1.29 is 19.1 Å². The van der Waals surface area contributed by atoms with Gasteiger partial charge in [0.25, 0.3) is 11.5 Å². The van der Waals surface area contributed by atoms with Gasteiger partial charge < -0.3 is 28.7 Å². The van der Waals surface area contributed by atoms with Crippen molar-refractivity contribution in [2.24, 2.45) is 0 Å². The van der Waals surface area contributed by atoms with Crippen molar-refractivity contribution in [3.8, 4) is 5.75 Å². The van der Waals surface area contributed by atoms with Crippen LogP contribution in [0.1, 0.15) is 40.6 Å². The van der Waals surface area contributed by atoms with Gasteiger partial charge in [0.05, 0.1) is 24.9 Å². The molecule has 2 heterocycles. The van der Waals surface area contributed by atoms with Crippen molar-refractivity contribution in [2.75, 3.05) is 65.4 Å². The molecule has 9 heteroatoms. The highest BCUT2D eigenvalue weighted by atomic mass is 16.5. The number of anilines is 1. The Kier molecular flexibility index (Phi) is 9.75. The van der Waals surface area contributed by atoms with Crippen LogP contribution < -0.4 is 15.2 Å². The molecule has 1 aliphatic heterocycles. The number of aryl methyl sites for hydroxylation is 1. The summed E-state index contributed by atoms with van der Waals surface area (Å²) < 4.78 is 12.2. The van der Waals surface area contributed by atoms with E-state index in [4.69, 9.17) is 9.47 Å². The first-order chi connectivity index (χ1) is 18.2. The van der Waals surface area contributed by atoms with Crippen molar-refractivity contribution in [1.29, 1.82) is 0 Å². The largest absolute Gasteiger partial charge is 0.497 e. The maximum Gasteiger partial charge on any atom is 0.345 e. The number of pyridine rings is 1. The Morgan fingerprint density at radius 1 is 1.00 bits per heavy atom. The first kappa shape index (κ1) is 29.7. The normalized spacial score (nSPS) is 13.4. The number of ether oxygens (including phenoxy) is 2. The summed E-state index contributed by atoms with van der Waals surface area (Å²) in [5, 5.41) is 0.835. The summed E-state index contributed by atoms with van der Waals surface area (Å²) in [6.45, 7) is 6.89. The Balaban J connectivity index is 0.00000420. The second-order valence-electron chi connectivity index (χ2n) is 9.73. The van der Waals surface area contributed by atoms with Crippen LogP contribution in [0.2, 0.25) is 0 Å². The first-order valence-corrected chi connectivity index (χ1v) is 12.9. The molecule has 3 aromatic rings. The lowest BCUT2D eigenvalue weighted by molar-refractivity contribution is 0.0523. The molecule has 0 saturated carbocycles. The number of benzene rings is 2. The summed E-state index contributed by atoms with van der Waals surface area (Å²) >= 11 is 0. The Labute approximate surface area is 230 Å². The van der Waals surface area contributed by atoms with Gasteiger partial charge in [-0.15, -0.1) is 0 Å². The molecule has 1 fully saturated rings. The van der Waals surface area contributed by atoms with Crippen LogP contribution in [0.5, 0.6) is 5.75 Å². The number of hydrogen-bond acceptors (Lipinski definition) is 7. The summed E-state index contributed by atoms with van der Waals surface area (Å²) in [7, 11) is 5.49. The van der Waals surface area contributed by atoms with E-state index in [0.29, 0.717) is 56.3 Å². The molecule has 0 spiro atoms. The highest BCUT2D eigenvalue weighted by molar-refractivity contribution is 6.06. The van der Waals surface area contributed by atoms with Crippen LogP contribution in [0.25, 0.3) is 10.9 Å². The van der Waals surface area contributed by atoms with Gasteiger partial charge in [0, 0.05) is 50.2 Å². The fourth-order valence-electron chi connectivity index (χ4n) is 4.84. The van der Waals surface area contributed by atoms with Crippen LogP contribution in [-0.2, 0) is 11.3 Å². The van der Waals surface area contributed by atoms with Crippen molar-refractivity contribution in [3.63, 3.8) is 0 Å². The lowest BCUT2D eigenvalue weighted by atomic mass is 10.0. The predicted molar refractivity (Wildman–Crippen MR) is 155 cm³/mol. The van der Waals surface area contributed by atoms with Crippen molar-refractivity contribution in [1.82, 2.24) is 14.4 Å². The number of likely N-dealkylation sites (N-methyl/N-ethyl adjacent to an activating group) is 1. The van der Waals surface area contributed by atoms with E-state index < -0.39 is 5.97 Å². The predicted octanol–water partition coefficient (Wildman–Crippen LogP) is 3.66. The third-order valence-corrected chi connectivity index (χ3v) is 6.86. The number of fused-ring (bicyclic) bond motifs is 1. The molecule has 4 rings (SSSR count). The fourth-order valence-corrected chi connectivity index (χ4v) is 4.84. The summed E-state index contributed by atoms with van der Waals surface area (Å²) in [6.07, 6.45) is 0. The molecule has 0 aliphatic carbocycles. The number of amides is 1. The molecule has 1 aliphatic rings. The Bertz CT molecular complexity index is 1370. The molecule has 0 bridgehead atoms. The van der Waals surface area contributed by atoms with Gasteiger partial charge in [-0.2, -0.15) is 0 Å². The molecule has 39 heavy (non-hydrogen) atoms. The fraction of sp³-hybridized carbons (Fsp3) is 0.433. The number of nitrogens with zero attached hydrogens (tertiary/aromatic N) is 4. The number of aromatic nitrogens is 1. The van der Waals surface area contributed by atoms with Gasteiger partial charge in [-0.25, -0.2) is 4.79 Å². The van der Waals surface area contributed by atoms with Gasteiger partial charge in [0.2, 0.25) is 0 Å². The summed E-state index contributed by atoms with van der Waals surface area (Å²) in [6, 6.07) is 13.0. The number of esters is 1. The molecule has 0 N–H and O–H groups in total. The number of rotatable bonds is 8. The first-order valence-electron chi connectivity index (χ1n) is 12.9. The molecule has 0 atom stereocenters. The van der Waals surface area contributed by atoms with E-state index in [2.05, 4.69) is 0 Å². The number of carbonyl (C=O) groups excluding carboxylic acids is 2. The van der Waals surface area contributed by atoms with Gasteiger partial charge >= 0.3 is 5.97 Å². The molecule has 1 saturated heterocycles. The zero-order chi connectivity index (χ0) is 27.4. The molecule has 0 radical (unpaired) electrons. The van der Waals surface area contributed by atoms with E-state index in [1.54, 1.807) is 47.8 Å². The molecule has 9 nitrogen and oxygen atoms in total. The van der Waals surface area contributed by atoms with Crippen molar-refractivity contribution in [2.45, 2.75) is 27.8 Å². The van der Waals surface area contributed by atoms with Crippen LogP contribution >= 0.6 is 0 Å². The topological polar surface area (TPSA) is 84.3 Å². The Hall–Kier alpha value is -3.85. The summed E-state index contributed by atoms with van der Waals surface area (Å²) in [4.78, 5) is 46.0. The molecule has 2 aromatic carbocycles. The molecule has 0 unspecified atom stereocenters. The zero-order valence-electron chi connectivity index (χ0n) is 22.8. The van der Waals surface area contributed by atoms with E-state index in [9.17, 15) is 14.4 Å². The maximum absolute atomic E-state index is 13.8. The molecular weight excluding hydrogens is 496 g/mol. The number of methoxy groups -OCH3 is 1. The second-order valence-corrected chi connectivity index (χ2v) is 9.73. The molecule has 210 valence electrons. The van der Waals surface area contributed by atoms with Crippen molar-refractivity contribution in [3.05, 3.63) is 69.5 Å². The minimum Gasteiger partial charge on any atom is -0.497 e. The maximum atomic E-state index is 13.8. The van der Waals surface area contributed by atoms with E-state index >= 15 is 0 Å². The number of carbonyl (C=O) groups is 2. The average molecular weight is 537 g/mol. The van der Waals surface area contributed by atoms with Gasteiger partial charge in [-0.3, -0.25) is 9.59 Å². The van der Waals surface area contributed by atoms with Crippen LogP contribution in [0.3, 0.4) is 0 Å². The highest BCUT2D eigenvalue weighted by Crippen LogP contribution is 2.31. The van der Waals surface area contributed by atoms with E-state index in [1.807, 2.05) is 49.0 Å². The number of piperazine rings is 1. The lowest BCUT2D eigenvalue weighted by Gasteiger charge is -2.37. The average Bonchev–Trinajstić information content (AvgIpc) is 2.91. The smallest absolute Gasteiger partial charge is 0.345 e.